The van der Waals surface area contributed by atoms with Gasteiger partial charge in [-0.15, -0.1) is 4.40 Å². The van der Waals surface area contributed by atoms with E-state index in [2.05, 4.69) is 4.40 Å². The number of nitrogens with zero attached hydrogens (tertiary/aromatic N) is 2. The summed E-state index contributed by atoms with van der Waals surface area (Å²) in [6.45, 7) is 2.15. The highest BCUT2D eigenvalue weighted by Crippen LogP contribution is 2.36. The first-order valence-electron chi connectivity index (χ1n) is 11.1. The zero-order chi connectivity index (χ0) is 26.6. The summed E-state index contributed by atoms with van der Waals surface area (Å²) in [5, 5.41) is 0.599. The van der Waals surface area contributed by atoms with Crippen LogP contribution in [0.25, 0.3) is 6.08 Å². The quantitative estimate of drug-likeness (QED) is 0.326. The lowest BCUT2D eigenvalue weighted by Crippen LogP contribution is -2.29. The number of methoxy groups -OCH3 is 1. The second kappa shape index (κ2) is 11.4. The largest absolute Gasteiger partial charge is 0.493 e. The summed E-state index contributed by atoms with van der Waals surface area (Å²) >= 11 is 7.17. The Labute approximate surface area is 223 Å². The number of hydrogen-bond donors (Lipinski definition) is 0. The van der Waals surface area contributed by atoms with E-state index in [1.165, 1.54) is 12.0 Å². The first-order chi connectivity index (χ1) is 17.7. The van der Waals surface area contributed by atoms with E-state index in [0.29, 0.717) is 22.1 Å². The van der Waals surface area contributed by atoms with Crippen molar-refractivity contribution in [2.75, 3.05) is 13.7 Å². The van der Waals surface area contributed by atoms with Crippen molar-refractivity contribution in [3.05, 3.63) is 93.6 Å². The molecular formula is C26H22ClFN2O5S2. The zero-order valence-corrected chi connectivity index (χ0v) is 22.2. The van der Waals surface area contributed by atoms with Crippen LogP contribution in [0.1, 0.15) is 18.1 Å². The van der Waals surface area contributed by atoms with E-state index in [9.17, 15) is 17.6 Å². The molecule has 1 heterocycles. The maximum Gasteiger partial charge on any atom is 0.284 e. The topological polar surface area (TPSA) is 85.3 Å². The standard InChI is InChI=1S/C26H22ClFN2O5S2/c1-3-30-25(31)24(36-26(30)29-37(32,33)20-11-9-19(28)10-12-20)15-17-8-13-22(34-2)23(14-17)35-16-18-6-4-5-7-21(18)27/h4-15H,3,16H2,1-2H3. The van der Waals surface area contributed by atoms with Gasteiger partial charge in [0.15, 0.2) is 16.7 Å². The fraction of sp³-hybridized carbons (Fsp3) is 0.154. The minimum atomic E-state index is -4.14. The van der Waals surface area contributed by atoms with Crippen molar-refractivity contribution in [3.8, 4) is 11.5 Å². The van der Waals surface area contributed by atoms with Gasteiger partial charge in [0.25, 0.3) is 15.9 Å². The van der Waals surface area contributed by atoms with Gasteiger partial charge in [-0.25, -0.2) is 4.39 Å². The van der Waals surface area contributed by atoms with Crippen molar-refractivity contribution >= 4 is 50.5 Å². The molecule has 4 rings (SSSR count). The van der Waals surface area contributed by atoms with Crippen molar-refractivity contribution in [2.45, 2.75) is 18.4 Å². The highest BCUT2D eigenvalue weighted by molar-refractivity contribution is 8.19. The molecule has 0 N–H and O–H groups in total. The Morgan fingerprint density at radius 1 is 1.08 bits per heavy atom. The van der Waals surface area contributed by atoms with Gasteiger partial charge in [0.2, 0.25) is 0 Å². The first kappa shape index (κ1) is 26.7. The zero-order valence-electron chi connectivity index (χ0n) is 19.9. The summed E-state index contributed by atoms with van der Waals surface area (Å²) in [7, 11) is -2.62. The number of amides is 1. The number of halogens is 2. The minimum absolute atomic E-state index is 0.0202. The van der Waals surface area contributed by atoms with Gasteiger partial charge in [0.05, 0.1) is 16.9 Å². The Morgan fingerprint density at radius 2 is 1.81 bits per heavy atom. The molecule has 0 aliphatic carbocycles. The van der Waals surface area contributed by atoms with Crippen molar-refractivity contribution in [1.82, 2.24) is 4.90 Å². The van der Waals surface area contributed by atoms with Crippen LogP contribution in [0.2, 0.25) is 5.02 Å². The summed E-state index contributed by atoms with van der Waals surface area (Å²) in [5.74, 6) is 0.0109. The third-order valence-corrected chi connectivity index (χ3v) is 8.11. The normalized spacial score (nSPS) is 16.0. The number of thioether (sulfide) groups is 1. The van der Waals surface area contributed by atoms with E-state index in [-0.39, 0.29) is 34.0 Å². The van der Waals surface area contributed by atoms with E-state index in [1.54, 1.807) is 37.3 Å². The molecule has 1 aliphatic rings. The number of sulfonamides is 1. The lowest BCUT2D eigenvalue weighted by Gasteiger charge is -2.12. The van der Waals surface area contributed by atoms with E-state index < -0.39 is 15.8 Å². The van der Waals surface area contributed by atoms with Crippen LogP contribution in [0, 0.1) is 5.82 Å². The molecule has 1 fully saturated rings. The second-order valence-corrected chi connectivity index (χ2v) is 10.8. The molecule has 0 aromatic heterocycles. The maximum atomic E-state index is 13.2. The van der Waals surface area contributed by atoms with Gasteiger partial charge in [0.1, 0.15) is 12.4 Å². The van der Waals surface area contributed by atoms with Crippen molar-refractivity contribution in [1.29, 1.82) is 0 Å². The second-order valence-electron chi connectivity index (χ2n) is 7.75. The first-order valence-corrected chi connectivity index (χ1v) is 13.7. The van der Waals surface area contributed by atoms with Crippen LogP contribution in [0.4, 0.5) is 4.39 Å². The average molecular weight is 561 g/mol. The predicted octanol–water partition coefficient (Wildman–Crippen LogP) is 5.75. The average Bonchev–Trinajstić information content (AvgIpc) is 3.16. The molecule has 1 aliphatic heterocycles. The van der Waals surface area contributed by atoms with Crippen LogP contribution in [-0.2, 0) is 21.4 Å². The molecule has 11 heteroatoms. The van der Waals surface area contributed by atoms with Crippen LogP contribution in [0.3, 0.4) is 0 Å². The summed E-state index contributed by atoms with van der Waals surface area (Å²) in [6, 6.07) is 16.8. The Hall–Kier alpha value is -3.34. The number of likely N-dealkylation sites (N-methyl/N-ethyl adjacent to an activating group) is 1. The summed E-state index contributed by atoms with van der Waals surface area (Å²) in [4.78, 5) is 14.4. The van der Waals surface area contributed by atoms with Gasteiger partial charge in [-0.3, -0.25) is 9.69 Å². The maximum absolute atomic E-state index is 13.2. The molecule has 3 aromatic carbocycles. The van der Waals surface area contributed by atoms with Gasteiger partial charge in [0, 0.05) is 17.1 Å². The number of carbonyl (C=O) groups is 1. The lowest BCUT2D eigenvalue weighted by molar-refractivity contribution is -0.122. The molecule has 37 heavy (non-hydrogen) atoms. The van der Waals surface area contributed by atoms with E-state index in [4.69, 9.17) is 21.1 Å². The molecule has 1 saturated heterocycles. The molecule has 0 unspecified atom stereocenters. The highest BCUT2D eigenvalue weighted by Gasteiger charge is 2.34. The molecule has 0 atom stereocenters. The van der Waals surface area contributed by atoms with Crippen LogP contribution in [-0.4, -0.2) is 38.0 Å². The lowest BCUT2D eigenvalue weighted by atomic mass is 10.1. The summed E-state index contributed by atoms with van der Waals surface area (Å²) in [6.07, 6.45) is 1.63. The SMILES string of the molecule is CCN1C(=O)C(=Cc2ccc(OC)c(OCc3ccccc3Cl)c2)SC1=NS(=O)(=O)c1ccc(F)cc1. The number of ether oxygens (including phenoxy) is 2. The molecule has 0 radical (unpaired) electrons. The van der Waals surface area contributed by atoms with Crippen LogP contribution < -0.4 is 9.47 Å². The van der Waals surface area contributed by atoms with E-state index >= 15 is 0 Å². The number of carbonyl (C=O) groups excluding carboxylic acids is 1. The number of rotatable bonds is 8. The monoisotopic (exact) mass is 560 g/mol. The molecular weight excluding hydrogens is 539 g/mol. The Morgan fingerprint density at radius 3 is 2.49 bits per heavy atom. The molecule has 3 aromatic rings. The van der Waals surface area contributed by atoms with Gasteiger partial charge in [-0.2, -0.15) is 8.42 Å². The third-order valence-electron chi connectivity index (χ3n) is 5.34. The summed E-state index contributed by atoms with van der Waals surface area (Å²) in [5.41, 5.74) is 1.45. The molecule has 192 valence electrons. The Kier molecular flexibility index (Phi) is 8.21. The van der Waals surface area contributed by atoms with Crippen LogP contribution in [0.5, 0.6) is 11.5 Å². The Bertz CT molecular complexity index is 1490. The van der Waals surface area contributed by atoms with Gasteiger partial charge >= 0.3 is 0 Å². The number of benzene rings is 3. The fourth-order valence-electron chi connectivity index (χ4n) is 3.44. The number of hydrogen-bond acceptors (Lipinski definition) is 6. The van der Waals surface area contributed by atoms with Crippen molar-refractivity contribution in [3.63, 3.8) is 0 Å². The molecule has 0 bridgehead atoms. The van der Waals surface area contributed by atoms with Crippen LogP contribution in [0.15, 0.2) is 80.9 Å². The fourth-order valence-corrected chi connectivity index (χ4v) is 5.87. The van der Waals surface area contributed by atoms with Crippen LogP contribution >= 0.6 is 23.4 Å². The smallest absolute Gasteiger partial charge is 0.284 e. The summed E-state index contributed by atoms with van der Waals surface area (Å²) < 4.78 is 53.9. The van der Waals surface area contributed by atoms with E-state index in [0.717, 1.165) is 41.6 Å². The predicted molar refractivity (Wildman–Crippen MR) is 143 cm³/mol. The third kappa shape index (κ3) is 6.15. The molecule has 0 spiro atoms. The van der Waals surface area contributed by atoms with E-state index in [1.807, 2.05) is 18.2 Å². The molecule has 0 saturated carbocycles. The Balaban J connectivity index is 1.61. The van der Waals surface area contributed by atoms with Crippen molar-refractivity contribution < 1.29 is 27.1 Å². The molecule has 7 nitrogen and oxygen atoms in total. The van der Waals surface area contributed by atoms with Crippen molar-refractivity contribution in [2.24, 2.45) is 4.40 Å². The van der Waals surface area contributed by atoms with Gasteiger partial charge in [-0.05, 0) is 72.8 Å². The van der Waals surface area contributed by atoms with Gasteiger partial charge in [-0.1, -0.05) is 35.9 Å². The number of amidine groups is 1. The highest BCUT2D eigenvalue weighted by atomic mass is 35.5. The van der Waals surface area contributed by atoms with Gasteiger partial charge < -0.3 is 9.47 Å². The molecule has 1 amide bonds. The minimum Gasteiger partial charge on any atom is -0.493 e.